The fourth-order valence-electron chi connectivity index (χ4n) is 12.0. The molecule has 1 fully saturated rings. The van der Waals surface area contributed by atoms with Gasteiger partial charge in [-0.25, -0.2) is 9.59 Å². The fourth-order valence-corrected chi connectivity index (χ4v) is 12.0. The normalized spacial score (nSPS) is 13.8. The third kappa shape index (κ3) is 40.7. The van der Waals surface area contributed by atoms with Crippen molar-refractivity contribution < 1.29 is 119 Å². The zero-order valence-corrected chi connectivity index (χ0v) is 69.1. The largest absolute Gasteiger partial charge is 0.457 e. The van der Waals surface area contributed by atoms with Crippen molar-refractivity contribution in [2.24, 2.45) is 23.0 Å². The van der Waals surface area contributed by atoms with Crippen molar-refractivity contribution in [3.8, 4) is 11.5 Å². The molecule has 2 heterocycles. The molecule has 2 aliphatic rings. The first-order valence-electron chi connectivity index (χ1n) is 39.8. The number of benzene rings is 2. The first kappa shape index (κ1) is 99.4. The number of Topliss-reactive ketones (excluding diaryl/α,β-unsaturated/α-hetero) is 4. The van der Waals surface area contributed by atoms with Gasteiger partial charge in [0.2, 0.25) is 53.2 Å². The number of amides is 11. The molecule has 4 rings (SSSR count). The zero-order chi connectivity index (χ0) is 86.1. The molecule has 1 unspecified atom stereocenters. The second kappa shape index (κ2) is 55.7. The van der Waals surface area contributed by atoms with E-state index in [-0.39, 0.29) is 268 Å². The van der Waals surface area contributed by atoms with Crippen molar-refractivity contribution in [3.63, 3.8) is 0 Å². The van der Waals surface area contributed by atoms with Crippen LogP contribution in [0.25, 0.3) is 6.08 Å². The van der Waals surface area contributed by atoms with Gasteiger partial charge in [0, 0.05) is 193 Å². The molecular weight excluding hydrogens is 1520 g/mol. The number of nitrogens with two attached hydrogens (primary N) is 1. The van der Waals surface area contributed by atoms with Gasteiger partial charge in [-0.15, -0.1) is 0 Å². The Morgan fingerprint density at radius 1 is 0.581 bits per heavy atom. The molecule has 2 aromatic carbocycles. The first-order valence-corrected chi connectivity index (χ1v) is 39.8. The van der Waals surface area contributed by atoms with E-state index in [4.69, 9.17) is 53.1 Å². The van der Waals surface area contributed by atoms with E-state index in [0.717, 1.165) is 10.5 Å². The lowest BCUT2D eigenvalue weighted by atomic mass is 9.83. The van der Waals surface area contributed by atoms with E-state index in [1.54, 1.807) is 69.3 Å². The highest BCUT2D eigenvalue weighted by Gasteiger charge is 2.37. The minimum atomic E-state index is -1.31. The third-order valence-corrected chi connectivity index (χ3v) is 18.8. The van der Waals surface area contributed by atoms with Gasteiger partial charge in [-0.05, 0) is 86.4 Å². The summed E-state index contributed by atoms with van der Waals surface area (Å²) in [5, 5.41) is 16.4. The number of hydrogen-bond acceptors (Lipinski definition) is 25. The van der Waals surface area contributed by atoms with Crippen molar-refractivity contribution in [1.29, 1.82) is 0 Å². The molecule has 0 bridgehead atoms. The molecule has 0 aliphatic carbocycles. The number of unbranched alkanes of at least 4 members (excludes halogenated alkanes) is 1. The minimum absolute atomic E-state index is 0.00581. The van der Waals surface area contributed by atoms with Gasteiger partial charge in [0.05, 0.1) is 65.5 Å². The Labute approximate surface area is 684 Å². The lowest BCUT2D eigenvalue weighted by Crippen LogP contribution is -2.54. The number of hydrogen-bond donors (Lipinski definition) is 7. The van der Waals surface area contributed by atoms with Crippen LogP contribution in [0.15, 0.2) is 60.9 Å². The Bertz CT molecular complexity index is 3550. The van der Waals surface area contributed by atoms with Gasteiger partial charge in [0.15, 0.2) is 5.78 Å². The Morgan fingerprint density at radius 2 is 1.16 bits per heavy atom. The molecule has 650 valence electrons. The Kier molecular flexibility index (Phi) is 47.3. The summed E-state index contributed by atoms with van der Waals surface area (Å²) < 4.78 is 55.6. The van der Waals surface area contributed by atoms with E-state index in [1.165, 1.54) is 45.2 Å². The highest BCUT2D eigenvalue weighted by Crippen LogP contribution is 2.32. The zero-order valence-electron chi connectivity index (χ0n) is 69.1. The molecule has 11 amide bonds. The summed E-state index contributed by atoms with van der Waals surface area (Å²) in [6.45, 7) is 9.57. The number of fused-ring (bicyclic) bond motifs is 1. The van der Waals surface area contributed by atoms with Crippen LogP contribution in [-0.4, -0.2) is 262 Å². The molecule has 35 nitrogen and oxygen atoms in total. The molecule has 2 aliphatic heterocycles. The van der Waals surface area contributed by atoms with Crippen molar-refractivity contribution in [2.75, 3.05) is 146 Å². The summed E-state index contributed by atoms with van der Waals surface area (Å²) >= 11 is 0. The third-order valence-electron chi connectivity index (χ3n) is 18.8. The molecule has 0 saturated carbocycles. The quantitative estimate of drug-likeness (QED) is 0.0332. The van der Waals surface area contributed by atoms with Crippen molar-refractivity contribution in [2.45, 2.75) is 174 Å². The molecule has 0 aromatic heterocycles. The van der Waals surface area contributed by atoms with Crippen LogP contribution in [0.4, 0.5) is 15.3 Å². The number of methoxy groups -OCH3 is 3. The van der Waals surface area contributed by atoms with Crippen LogP contribution in [0.3, 0.4) is 0 Å². The highest BCUT2D eigenvalue weighted by atomic mass is 16.6. The Balaban J connectivity index is 1.45. The number of carbonyl (C=O) groups is 15. The first-order chi connectivity index (χ1) is 55.9. The van der Waals surface area contributed by atoms with Gasteiger partial charge in [-0.1, -0.05) is 45.9 Å². The summed E-state index contributed by atoms with van der Waals surface area (Å²) in [6.07, 6.45) is 2.29. The molecule has 4 atom stereocenters. The maximum atomic E-state index is 14.4. The van der Waals surface area contributed by atoms with Gasteiger partial charge in [0.25, 0.3) is 0 Å². The maximum Gasteiger partial charge on any atom is 0.415 e. The fraction of sp³-hybridized carbons (Fsp3) is 0.622. The molecule has 1 saturated heterocycles. The van der Waals surface area contributed by atoms with Gasteiger partial charge in [-0.3, -0.25) is 67.2 Å². The van der Waals surface area contributed by atoms with E-state index < -0.39 is 89.3 Å². The molecule has 8 N–H and O–H groups in total. The number of anilines is 1. The van der Waals surface area contributed by atoms with Crippen LogP contribution in [0.2, 0.25) is 0 Å². The SMILES string of the molecule is C=C1C=Cc2ccc(OC(=O)N(C)CCN(C)C(=O)OCc3ccc(NC(=O)[C@H](CCCCC(N)=O)NC(=O)[C@@H](NC(=O)CC[C@H](NC(=O)CCOCCCC(=O)CCN4C(=O)CC(C)C4=O)C(=O)CCCC(=O)CC(COCCC(=O)CCCOC)(COCCC(=O)NCCOC)COCCC(=O)NCCOC)C(C)C)cc3)cc2O1. The number of rotatable bonds is 63. The summed E-state index contributed by atoms with van der Waals surface area (Å²) in [5.74, 6) is -5.58. The number of likely N-dealkylation sites (tertiary alicyclic amines) is 1. The van der Waals surface area contributed by atoms with Crippen molar-refractivity contribution >= 4 is 100 Å². The van der Waals surface area contributed by atoms with Gasteiger partial charge < -0.3 is 94.8 Å². The number of imide groups is 1. The number of primary amides is 1. The molecule has 0 radical (unpaired) electrons. The van der Waals surface area contributed by atoms with E-state index in [9.17, 15) is 71.9 Å². The average Bonchev–Trinajstić information content (AvgIpc) is 1.40. The number of nitrogens with one attached hydrogen (secondary N) is 6. The minimum Gasteiger partial charge on any atom is -0.457 e. The number of likely N-dealkylation sites (N-methyl/N-ethyl adjacent to an activating group) is 2. The maximum absolute atomic E-state index is 14.4. The second-order valence-corrected chi connectivity index (χ2v) is 29.3. The smallest absolute Gasteiger partial charge is 0.415 e. The van der Waals surface area contributed by atoms with Crippen LogP contribution in [0, 0.1) is 17.3 Å². The topological polar surface area (TPSA) is 456 Å². The second-order valence-electron chi connectivity index (χ2n) is 29.3. The molecular formula is C82H122N10O25. The van der Waals surface area contributed by atoms with Gasteiger partial charge in [0.1, 0.15) is 53.3 Å². The summed E-state index contributed by atoms with van der Waals surface area (Å²) in [6, 6.07) is 7.52. The molecule has 35 heteroatoms. The van der Waals surface area contributed by atoms with E-state index in [2.05, 4.69) is 38.5 Å². The number of ketones is 4. The van der Waals surface area contributed by atoms with Crippen LogP contribution in [-0.2, 0) is 107 Å². The summed E-state index contributed by atoms with van der Waals surface area (Å²) in [5.41, 5.74) is 5.82. The van der Waals surface area contributed by atoms with Crippen LogP contribution >= 0.6 is 0 Å². The summed E-state index contributed by atoms with van der Waals surface area (Å²) in [4.78, 5) is 201. The van der Waals surface area contributed by atoms with Crippen LogP contribution in [0.5, 0.6) is 11.5 Å². The van der Waals surface area contributed by atoms with Gasteiger partial charge >= 0.3 is 12.2 Å². The standard InChI is InChI=1S/C82H122N10O25/c1-56(2)76(78(104)88-67(18-10-11-20-70(83)97)77(103)86-61-26-22-59(23-27-61)52-115-80(106)90(5)39-40-91(6)81(107)117-65-28-25-60-24-21-58(4)116-69(60)50-65)89-73(100)30-29-66(87-74(101)35-44-111-42-14-17-62(93)31-38-92-75(102)49-57(3)79(92)105)68(96)19-12-15-64(95)51-82(53-112-43-32-63(94)16-13-41-108-7,54-113-45-33-71(98)84-36-47-109-8)55-114-46-34-72(99)85-37-48-110-9/h21-28,50,56-57,66-67,76H,4,10-20,29-49,51-55H2,1-3,5-9H3,(H2,83,97)(H,84,98)(H,85,99)(H,86,103)(H,87,101)(H,88,104)(H,89,100)/t57?,66-,67-,76-/m0/s1. The van der Waals surface area contributed by atoms with Gasteiger partial charge in [-0.2, -0.15) is 0 Å². The predicted octanol–water partition coefficient (Wildman–Crippen LogP) is 5.15. The number of nitrogens with zero attached hydrogens (tertiary/aromatic N) is 3. The number of carbonyl (C=O) groups excluding carboxylic acids is 15. The van der Waals surface area contributed by atoms with Crippen molar-refractivity contribution in [1.82, 2.24) is 41.3 Å². The number of allylic oxidation sites excluding steroid dienone is 1. The molecule has 117 heavy (non-hydrogen) atoms. The van der Waals surface area contributed by atoms with E-state index >= 15 is 0 Å². The predicted molar refractivity (Wildman–Crippen MR) is 427 cm³/mol. The van der Waals surface area contributed by atoms with E-state index in [1.807, 2.05) is 6.08 Å². The molecule has 0 spiro atoms. The van der Waals surface area contributed by atoms with E-state index in [0.29, 0.717) is 35.8 Å². The Morgan fingerprint density at radius 3 is 1.77 bits per heavy atom. The lowest BCUT2D eigenvalue weighted by Gasteiger charge is -2.33. The highest BCUT2D eigenvalue weighted by molar-refractivity contribution is 6.03. The molecule has 2 aromatic rings. The van der Waals surface area contributed by atoms with Crippen LogP contribution in [0.1, 0.15) is 160 Å². The van der Waals surface area contributed by atoms with Crippen molar-refractivity contribution in [3.05, 3.63) is 72.0 Å². The Hall–Kier alpha value is -9.91. The monoisotopic (exact) mass is 1650 g/mol. The summed E-state index contributed by atoms with van der Waals surface area (Å²) in [7, 11) is 7.55. The lowest BCUT2D eigenvalue weighted by molar-refractivity contribution is -0.140. The van der Waals surface area contributed by atoms with Crippen LogP contribution < -0.4 is 47.1 Å². The number of ether oxygens (including phenoxy) is 10. The average molecular weight is 1650 g/mol.